The highest BCUT2D eigenvalue weighted by Gasteiger charge is 2.50. The van der Waals surface area contributed by atoms with Crippen LogP contribution in [0, 0.1) is 17.8 Å². The van der Waals surface area contributed by atoms with Crippen LogP contribution in [-0.2, 0) is 0 Å². The van der Waals surface area contributed by atoms with Crippen LogP contribution in [-0.4, -0.2) is 22.8 Å². The zero-order valence-electron chi connectivity index (χ0n) is 10.6. The Morgan fingerprint density at radius 3 is 1.88 bits per heavy atom. The predicted octanol–water partition coefficient (Wildman–Crippen LogP) is 2.32. The van der Waals surface area contributed by atoms with Crippen LogP contribution >= 0.6 is 0 Å². The number of nitrogens with one attached hydrogen (secondary N) is 1. The van der Waals surface area contributed by atoms with E-state index in [2.05, 4.69) is 5.32 Å². The average Bonchev–Trinajstić information content (AvgIpc) is 2.11. The molecule has 0 saturated heterocycles. The molecule has 4 aliphatic rings. The van der Waals surface area contributed by atoms with E-state index in [1.165, 1.54) is 38.5 Å². The Balaban J connectivity index is 1.69. The summed E-state index contributed by atoms with van der Waals surface area (Å²) >= 11 is 0. The molecule has 0 spiro atoms. The summed E-state index contributed by atoms with van der Waals surface area (Å²) in [6.45, 7) is 4.56. The van der Waals surface area contributed by atoms with E-state index in [9.17, 15) is 5.11 Å². The molecule has 2 heteroatoms. The maximum Gasteiger partial charge on any atom is 0.0715 e. The van der Waals surface area contributed by atoms with Crippen molar-refractivity contribution in [2.24, 2.45) is 17.8 Å². The van der Waals surface area contributed by atoms with E-state index in [-0.39, 0.29) is 0 Å². The van der Waals surface area contributed by atoms with Gasteiger partial charge in [-0.3, -0.25) is 0 Å². The van der Waals surface area contributed by atoms with Crippen LogP contribution in [0.5, 0.6) is 0 Å². The molecule has 2 N–H and O–H groups in total. The molecule has 0 aliphatic heterocycles. The summed E-state index contributed by atoms with van der Waals surface area (Å²) in [4.78, 5) is 0. The molecule has 0 heterocycles. The van der Waals surface area contributed by atoms with Gasteiger partial charge in [0.2, 0.25) is 0 Å². The maximum atomic E-state index is 9.86. The SMILES string of the molecule is CC(C)(O)CNC12CC3CC(CC(C3)C1)C2. The van der Waals surface area contributed by atoms with Gasteiger partial charge in [-0.05, 0) is 70.1 Å². The monoisotopic (exact) mass is 223 g/mol. The topological polar surface area (TPSA) is 32.3 Å². The Hall–Kier alpha value is -0.0800. The van der Waals surface area contributed by atoms with Crippen molar-refractivity contribution >= 4 is 0 Å². The fraction of sp³-hybridized carbons (Fsp3) is 1.00. The van der Waals surface area contributed by atoms with E-state index in [0.717, 1.165) is 24.3 Å². The first-order valence-electron chi connectivity index (χ1n) is 6.92. The molecule has 0 amide bonds. The van der Waals surface area contributed by atoms with Crippen molar-refractivity contribution in [2.45, 2.75) is 63.5 Å². The smallest absolute Gasteiger partial charge is 0.0715 e. The molecule has 0 atom stereocenters. The van der Waals surface area contributed by atoms with Crippen LogP contribution in [0.1, 0.15) is 52.4 Å². The number of rotatable bonds is 3. The van der Waals surface area contributed by atoms with Gasteiger partial charge in [0, 0.05) is 12.1 Å². The van der Waals surface area contributed by atoms with Gasteiger partial charge < -0.3 is 10.4 Å². The summed E-state index contributed by atoms with van der Waals surface area (Å²) in [6, 6.07) is 0. The minimum Gasteiger partial charge on any atom is -0.389 e. The minimum absolute atomic E-state index is 0.398. The van der Waals surface area contributed by atoms with Gasteiger partial charge in [0.15, 0.2) is 0 Å². The largest absolute Gasteiger partial charge is 0.389 e. The van der Waals surface area contributed by atoms with Crippen molar-refractivity contribution in [1.29, 1.82) is 0 Å². The Kier molecular flexibility index (Phi) is 2.38. The number of hydrogen-bond donors (Lipinski definition) is 2. The first-order valence-corrected chi connectivity index (χ1v) is 6.92. The van der Waals surface area contributed by atoms with Crippen molar-refractivity contribution in [3.63, 3.8) is 0 Å². The second kappa shape index (κ2) is 3.46. The molecule has 0 aromatic heterocycles. The lowest BCUT2D eigenvalue weighted by Gasteiger charge is -2.57. The van der Waals surface area contributed by atoms with E-state index in [4.69, 9.17) is 0 Å². The lowest BCUT2D eigenvalue weighted by Crippen LogP contribution is -2.60. The van der Waals surface area contributed by atoms with Crippen LogP contribution < -0.4 is 5.32 Å². The summed E-state index contributed by atoms with van der Waals surface area (Å²) in [6.07, 6.45) is 8.58. The molecule has 0 aromatic carbocycles. The lowest BCUT2D eigenvalue weighted by molar-refractivity contribution is -0.0320. The minimum atomic E-state index is -0.566. The molecule has 16 heavy (non-hydrogen) atoms. The van der Waals surface area contributed by atoms with Crippen LogP contribution in [0.3, 0.4) is 0 Å². The Bertz CT molecular complexity index is 244. The van der Waals surface area contributed by atoms with Crippen molar-refractivity contribution in [3.05, 3.63) is 0 Å². The summed E-state index contributed by atoms with van der Waals surface area (Å²) in [7, 11) is 0. The summed E-state index contributed by atoms with van der Waals surface area (Å²) in [5.74, 6) is 2.96. The van der Waals surface area contributed by atoms with Crippen LogP contribution in [0.2, 0.25) is 0 Å². The normalized spacial score (nSPS) is 46.3. The van der Waals surface area contributed by atoms with E-state index in [1.807, 2.05) is 13.8 Å². The second-order valence-electron chi connectivity index (χ2n) is 7.36. The highest BCUT2D eigenvalue weighted by Crippen LogP contribution is 2.55. The zero-order valence-corrected chi connectivity index (χ0v) is 10.6. The molecule has 0 aromatic rings. The van der Waals surface area contributed by atoms with Crippen LogP contribution in [0.25, 0.3) is 0 Å². The molecule has 2 nitrogen and oxygen atoms in total. The van der Waals surface area contributed by atoms with Gasteiger partial charge in [-0.1, -0.05) is 0 Å². The molecule has 4 aliphatic carbocycles. The molecule has 4 saturated carbocycles. The summed E-state index contributed by atoms with van der Waals surface area (Å²) in [5, 5.41) is 13.6. The van der Waals surface area contributed by atoms with Crippen LogP contribution in [0.15, 0.2) is 0 Å². The maximum absolute atomic E-state index is 9.86. The fourth-order valence-electron chi connectivity index (χ4n) is 4.73. The lowest BCUT2D eigenvalue weighted by atomic mass is 9.53. The summed E-state index contributed by atoms with van der Waals surface area (Å²) < 4.78 is 0. The fourth-order valence-corrected chi connectivity index (χ4v) is 4.73. The predicted molar refractivity (Wildman–Crippen MR) is 65.2 cm³/mol. The van der Waals surface area contributed by atoms with E-state index in [1.54, 1.807) is 0 Å². The highest BCUT2D eigenvalue weighted by molar-refractivity contribution is 5.06. The molecule has 4 rings (SSSR count). The first kappa shape index (κ1) is 11.0. The Labute approximate surface area is 98.8 Å². The first-order chi connectivity index (χ1) is 7.44. The quantitative estimate of drug-likeness (QED) is 0.769. The standard InChI is InChI=1S/C14H25NO/c1-13(2,16)9-15-14-6-10-3-11(7-14)5-12(4-10)8-14/h10-12,15-16H,3-9H2,1-2H3. The van der Waals surface area contributed by atoms with Gasteiger partial charge in [-0.25, -0.2) is 0 Å². The third-order valence-corrected chi connectivity index (χ3v) is 4.93. The molecule has 0 unspecified atom stereocenters. The molecule has 0 radical (unpaired) electrons. The Morgan fingerprint density at radius 1 is 1.06 bits per heavy atom. The van der Waals surface area contributed by atoms with Gasteiger partial charge in [0.1, 0.15) is 0 Å². The zero-order chi connectivity index (χ0) is 11.4. The van der Waals surface area contributed by atoms with Gasteiger partial charge in [-0.15, -0.1) is 0 Å². The van der Waals surface area contributed by atoms with Gasteiger partial charge in [-0.2, -0.15) is 0 Å². The van der Waals surface area contributed by atoms with Crippen LogP contribution in [0.4, 0.5) is 0 Å². The molecular formula is C14H25NO. The molecule has 4 bridgehead atoms. The third-order valence-electron chi connectivity index (χ3n) is 4.93. The van der Waals surface area contributed by atoms with E-state index < -0.39 is 5.60 Å². The molecule has 92 valence electrons. The highest BCUT2D eigenvalue weighted by atomic mass is 16.3. The van der Waals surface area contributed by atoms with Crippen molar-refractivity contribution in [1.82, 2.24) is 5.32 Å². The van der Waals surface area contributed by atoms with Gasteiger partial charge >= 0.3 is 0 Å². The van der Waals surface area contributed by atoms with E-state index in [0.29, 0.717) is 5.54 Å². The molecular weight excluding hydrogens is 198 g/mol. The van der Waals surface area contributed by atoms with Crippen molar-refractivity contribution in [2.75, 3.05) is 6.54 Å². The van der Waals surface area contributed by atoms with E-state index >= 15 is 0 Å². The number of hydrogen-bond acceptors (Lipinski definition) is 2. The molecule has 4 fully saturated rings. The van der Waals surface area contributed by atoms with Gasteiger partial charge in [0.25, 0.3) is 0 Å². The van der Waals surface area contributed by atoms with Gasteiger partial charge in [0.05, 0.1) is 5.60 Å². The summed E-state index contributed by atoms with van der Waals surface area (Å²) in [5.41, 5.74) is -0.169. The number of β-amino-alcohol motifs (C(OH)–C–C–N with tert-alkyl or cyclic N) is 1. The third kappa shape index (κ3) is 2.02. The Morgan fingerprint density at radius 2 is 1.50 bits per heavy atom. The van der Waals surface area contributed by atoms with Crippen molar-refractivity contribution in [3.8, 4) is 0 Å². The number of aliphatic hydroxyl groups is 1. The average molecular weight is 223 g/mol. The second-order valence-corrected chi connectivity index (χ2v) is 7.36. The van der Waals surface area contributed by atoms with Crippen molar-refractivity contribution < 1.29 is 5.11 Å².